The van der Waals surface area contributed by atoms with Gasteiger partial charge in [0.15, 0.2) is 11.5 Å². The number of amides is 3. The largest absolute Gasteiger partial charge is 0.493 e. The van der Waals surface area contributed by atoms with Crippen LogP contribution < -0.4 is 24.8 Å². The zero-order valence-corrected chi connectivity index (χ0v) is 21.8. The van der Waals surface area contributed by atoms with Crippen LogP contribution in [0.3, 0.4) is 0 Å². The molecule has 1 atom stereocenters. The topological polar surface area (TPSA) is 106 Å². The smallest absolute Gasteiger partial charge is 0.261 e. The Labute approximate surface area is 210 Å². The Morgan fingerprint density at radius 3 is 2.20 bits per heavy atom. The van der Waals surface area contributed by atoms with Crippen molar-refractivity contribution in [2.75, 3.05) is 34.4 Å². The Bertz CT molecular complexity index is 1020. The van der Waals surface area contributed by atoms with Crippen molar-refractivity contribution < 1.29 is 28.6 Å². The Kier molecular flexibility index (Phi) is 9.70. The number of hydrogen-bond donors (Lipinski definition) is 2. The summed E-state index contributed by atoms with van der Waals surface area (Å²) in [5.41, 5.74) is -0.118. The van der Waals surface area contributed by atoms with Crippen LogP contribution >= 0.6 is 11.3 Å². The van der Waals surface area contributed by atoms with Gasteiger partial charge in [0, 0.05) is 12.1 Å². The van der Waals surface area contributed by atoms with Crippen molar-refractivity contribution in [1.82, 2.24) is 15.5 Å². The number of methoxy groups -OCH3 is 3. The van der Waals surface area contributed by atoms with E-state index in [0.29, 0.717) is 27.7 Å². The summed E-state index contributed by atoms with van der Waals surface area (Å²) in [5, 5.41) is 7.34. The van der Waals surface area contributed by atoms with E-state index in [0.717, 1.165) is 0 Å². The van der Waals surface area contributed by atoms with Crippen LogP contribution in [0.4, 0.5) is 0 Å². The van der Waals surface area contributed by atoms with Crippen LogP contribution in [0, 0.1) is 0 Å². The molecular formula is C25H33N3O6S. The number of rotatable bonds is 11. The van der Waals surface area contributed by atoms with E-state index in [4.69, 9.17) is 14.2 Å². The molecule has 10 heteroatoms. The fraction of sp³-hybridized carbons (Fsp3) is 0.400. The van der Waals surface area contributed by atoms with Gasteiger partial charge in [-0.1, -0.05) is 12.1 Å². The molecule has 35 heavy (non-hydrogen) atoms. The molecule has 0 fully saturated rings. The first kappa shape index (κ1) is 27.7. The lowest BCUT2D eigenvalue weighted by molar-refractivity contribution is -0.140. The second-order valence-electron chi connectivity index (χ2n) is 8.60. The standard InChI is InChI=1S/C25H33N3O6S/c1-8-11-28(20(29)15-26-23(30)19-10-9-12-35-19)21(24(31)27-25(2,3)4)16-13-17(32-5)22(34-7)18(14-16)33-6/h8-10,12-14,21H,1,11,15H2,2-7H3,(H,26,30)(H,27,31)/t21-/m0/s1. The van der Waals surface area contributed by atoms with E-state index in [9.17, 15) is 14.4 Å². The summed E-state index contributed by atoms with van der Waals surface area (Å²) >= 11 is 1.27. The molecule has 3 amide bonds. The molecule has 1 heterocycles. The maximum atomic E-state index is 13.5. The first-order chi connectivity index (χ1) is 16.6. The molecule has 0 aliphatic carbocycles. The van der Waals surface area contributed by atoms with Crippen LogP contribution in [0.1, 0.15) is 42.0 Å². The van der Waals surface area contributed by atoms with Crippen molar-refractivity contribution in [2.24, 2.45) is 0 Å². The van der Waals surface area contributed by atoms with E-state index >= 15 is 0 Å². The van der Waals surface area contributed by atoms with Crippen LogP contribution in [0.25, 0.3) is 0 Å². The predicted octanol–water partition coefficient (Wildman–Crippen LogP) is 3.17. The van der Waals surface area contributed by atoms with E-state index < -0.39 is 23.4 Å². The number of nitrogens with one attached hydrogen (secondary N) is 2. The Morgan fingerprint density at radius 1 is 1.11 bits per heavy atom. The molecule has 9 nitrogen and oxygen atoms in total. The molecule has 0 aliphatic rings. The molecule has 2 rings (SSSR count). The molecule has 190 valence electrons. The van der Waals surface area contributed by atoms with Gasteiger partial charge in [-0.15, -0.1) is 17.9 Å². The third-order valence-electron chi connectivity index (χ3n) is 4.85. The monoisotopic (exact) mass is 503 g/mol. The van der Waals surface area contributed by atoms with Crippen molar-refractivity contribution in [3.63, 3.8) is 0 Å². The third kappa shape index (κ3) is 7.22. The summed E-state index contributed by atoms with van der Waals surface area (Å²) in [6.07, 6.45) is 1.52. The van der Waals surface area contributed by atoms with Gasteiger partial charge in [0.1, 0.15) is 6.04 Å². The summed E-state index contributed by atoms with van der Waals surface area (Å²) in [6.45, 7) is 9.04. The number of carbonyl (C=O) groups is 3. The summed E-state index contributed by atoms with van der Waals surface area (Å²) in [6, 6.07) is 5.61. The van der Waals surface area contributed by atoms with Crippen LogP contribution in [0.5, 0.6) is 17.2 Å². The van der Waals surface area contributed by atoms with Gasteiger partial charge in [0.25, 0.3) is 5.91 Å². The first-order valence-corrected chi connectivity index (χ1v) is 11.8. The Hall–Kier alpha value is -3.53. The van der Waals surface area contributed by atoms with Gasteiger partial charge in [0.05, 0.1) is 32.8 Å². The highest BCUT2D eigenvalue weighted by atomic mass is 32.1. The number of carbonyl (C=O) groups excluding carboxylic acids is 3. The number of nitrogens with zero attached hydrogens (tertiary/aromatic N) is 1. The zero-order chi connectivity index (χ0) is 26.2. The number of benzene rings is 1. The molecule has 0 aliphatic heterocycles. The van der Waals surface area contributed by atoms with Gasteiger partial charge >= 0.3 is 0 Å². The fourth-order valence-electron chi connectivity index (χ4n) is 3.41. The van der Waals surface area contributed by atoms with Crippen LogP contribution in [0.2, 0.25) is 0 Å². The Balaban J connectivity index is 2.50. The molecule has 0 saturated carbocycles. The molecular weight excluding hydrogens is 470 g/mol. The molecule has 2 aromatic rings. The summed E-state index contributed by atoms with van der Waals surface area (Å²) in [7, 11) is 4.42. The van der Waals surface area contributed by atoms with Crippen molar-refractivity contribution in [3.05, 3.63) is 52.7 Å². The van der Waals surface area contributed by atoms with Gasteiger partial charge < -0.3 is 29.7 Å². The van der Waals surface area contributed by atoms with E-state index in [1.54, 1.807) is 29.6 Å². The maximum absolute atomic E-state index is 13.5. The lowest BCUT2D eigenvalue weighted by Crippen LogP contribution is -2.51. The first-order valence-electron chi connectivity index (χ1n) is 10.9. The molecule has 0 saturated heterocycles. The minimum atomic E-state index is -1.06. The van der Waals surface area contributed by atoms with Gasteiger partial charge in [-0.3, -0.25) is 14.4 Å². The summed E-state index contributed by atoms with van der Waals surface area (Å²) < 4.78 is 16.3. The lowest BCUT2D eigenvalue weighted by Gasteiger charge is -2.33. The van der Waals surface area contributed by atoms with Crippen LogP contribution in [-0.4, -0.2) is 62.6 Å². The molecule has 0 radical (unpaired) electrons. The predicted molar refractivity (Wildman–Crippen MR) is 135 cm³/mol. The minimum absolute atomic E-state index is 0.0621. The van der Waals surface area contributed by atoms with E-state index in [-0.39, 0.29) is 19.0 Å². The van der Waals surface area contributed by atoms with Gasteiger partial charge in [-0.25, -0.2) is 0 Å². The maximum Gasteiger partial charge on any atom is 0.261 e. The summed E-state index contributed by atoms with van der Waals surface area (Å²) in [5.74, 6) is -0.196. The van der Waals surface area contributed by atoms with Crippen LogP contribution in [0.15, 0.2) is 42.3 Å². The van der Waals surface area contributed by atoms with E-state index in [2.05, 4.69) is 17.2 Å². The van der Waals surface area contributed by atoms with Gasteiger partial charge in [-0.05, 0) is 49.9 Å². The normalized spacial score (nSPS) is 11.7. The fourth-order valence-corrected chi connectivity index (χ4v) is 4.05. The molecule has 2 N–H and O–H groups in total. The van der Waals surface area contributed by atoms with Gasteiger partial charge in [0.2, 0.25) is 17.6 Å². The van der Waals surface area contributed by atoms with E-state index in [1.807, 2.05) is 20.8 Å². The second-order valence-corrected chi connectivity index (χ2v) is 9.54. The quantitative estimate of drug-likeness (QED) is 0.456. The summed E-state index contributed by atoms with van der Waals surface area (Å²) in [4.78, 5) is 41.1. The van der Waals surface area contributed by atoms with Gasteiger partial charge in [-0.2, -0.15) is 0 Å². The number of thiophene rings is 1. The van der Waals surface area contributed by atoms with Crippen molar-refractivity contribution in [3.8, 4) is 17.2 Å². The highest BCUT2D eigenvalue weighted by Crippen LogP contribution is 2.41. The lowest BCUT2D eigenvalue weighted by atomic mass is 10.00. The van der Waals surface area contributed by atoms with Crippen molar-refractivity contribution in [2.45, 2.75) is 32.4 Å². The zero-order valence-electron chi connectivity index (χ0n) is 21.0. The highest BCUT2D eigenvalue weighted by Gasteiger charge is 2.34. The van der Waals surface area contributed by atoms with Crippen LogP contribution in [-0.2, 0) is 9.59 Å². The number of hydrogen-bond acceptors (Lipinski definition) is 7. The average molecular weight is 504 g/mol. The Morgan fingerprint density at radius 2 is 1.74 bits per heavy atom. The molecule has 0 unspecified atom stereocenters. The van der Waals surface area contributed by atoms with E-state index in [1.165, 1.54) is 43.6 Å². The minimum Gasteiger partial charge on any atom is -0.493 e. The van der Waals surface area contributed by atoms with Crippen molar-refractivity contribution >= 4 is 29.1 Å². The average Bonchev–Trinajstić information content (AvgIpc) is 3.35. The van der Waals surface area contributed by atoms with Crippen molar-refractivity contribution in [1.29, 1.82) is 0 Å². The molecule has 0 bridgehead atoms. The molecule has 1 aromatic heterocycles. The highest BCUT2D eigenvalue weighted by molar-refractivity contribution is 7.12. The third-order valence-corrected chi connectivity index (χ3v) is 5.72. The molecule has 0 spiro atoms. The number of ether oxygens (including phenoxy) is 3. The molecule has 1 aromatic carbocycles. The second kappa shape index (κ2) is 12.3. The SMILES string of the molecule is C=CCN(C(=O)CNC(=O)c1cccs1)[C@H](C(=O)NC(C)(C)C)c1cc(OC)c(OC)c(OC)c1.